The number of carbonyl (C=O) groups is 1. The van der Waals surface area contributed by atoms with Crippen molar-refractivity contribution in [2.45, 2.75) is 4.21 Å². The zero-order valence-electron chi connectivity index (χ0n) is 14.5. The Bertz CT molecular complexity index is 1210. The van der Waals surface area contributed by atoms with Crippen LogP contribution >= 0.6 is 27.3 Å². The van der Waals surface area contributed by atoms with Crippen molar-refractivity contribution in [3.05, 3.63) is 62.2 Å². The van der Waals surface area contributed by atoms with Crippen LogP contribution in [0.4, 0.5) is 0 Å². The molecule has 1 saturated heterocycles. The summed E-state index contributed by atoms with van der Waals surface area (Å²) in [5.74, 6) is -0.457. The third kappa shape index (κ3) is 3.52. The molecule has 0 radical (unpaired) electrons. The number of fused-ring (bicyclic) bond motifs is 1. The van der Waals surface area contributed by atoms with Crippen molar-refractivity contribution in [2.75, 3.05) is 26.2 Å². The number of para-hydroxylation sites is 1. The third-order valence-corrected chi connectivity index (χ3v) is 8.50. The van der Waals surface area contributed by atoms with Crippen LogP contribution in [0, 0.1) is 0 Å². The van der Waals surface area contributed by atoms with Crippen molar-refractivity contribution in [1.29, 1.82) is 0 Å². The van der Waals surface area contributed by atoms with Gasteiger partial charge in [0.15, 0.2) is 11.2 Å². The first-order valence-corrected chi connectivity index (χ1v) is 11.5. The summed E-state index contributed by atoms with van der Waals surface area (Å²) in [4.78, 5) is 26.5. The van der Waals surface area contributed by atoms with E-state index in [1.807, 2.05) is 0 Å². The number of halogens is 1. The van der Waals surface area contributed by atoms with E-state index in [1.54, 1.807) is 36.4 Å². The number of piperazine rings is 1. The van der Waals surface area contributed by atoms with Crippen LogP contribution in [0.3, 0.4) is 0 Å². The standard InChI is InChI=1S/C18H15BrN2O5S2/c19-16-5-6-17(27-16)28(24,25)21-9-7-20(8-10-21)18(23)15-11-13(22)12-3-1-2-4-14(12)26-15/h1-6,11H,7-10H2. The number of hydrogen-bond donors (Lipinski definition) is 0. The van der Waals surface area contributed by atoms with Crippen LogP contribution < -0.4 is 5.43 Å². The summed E-state index contributed by atoms with van der Waals surface area (Å²) in [6.45, 7) is 0.811. The number of nitrogens with zero attached hydrogens (tertiary/aromatic N) is 2. The summed E-state index contributed by atoms with van der Waals surface area (Å²) in [6, 6.07) is 11.2. The van der Waals surface area contributed by atoms with Gasteiger partial charge in [0.25, 0.3) is 15.9 Å². The molecule has 2 aromatic heterocycles. The summed E-state index contributed by atoms with van der Waals surface area (Å²) in [7, 11) is -3.58. The third-order valence-electron chi connectivity index (χ3n) is 4.51. The maximum atomic E-state index is 12.7. The first-order chi connectivity index (χ1) is 13.4. The van der Waals surface area contributed by atoms with E-state index in [4.69, 9.17) is 4.42 Å². The monoisotopic (exact) mass is 482 g/mol. The van der Waals surface area contributed by atoms with Gasteiger partial charge in [-0.25, -0.2) is 8.42 Å². The van der Waals surface area contributed by atoms with Gasteiger partial charge in [0.2, 0.25) is 0 Å². The molecule has 1 aliphatic rings. The van der Waals surface area contributed by atoms with Crippen molar-refractivity contribution in [2.24, 2.45) is 0 Å². The van der Waals surface area contributed by atoms with E-state index >= 15 is 0 Å². The molecule has 1 amide bonds. The van der Waals surface area contributed by atoms with Gasteiger partial charge in [0.1, 0.15) is 9.79 Å². The normalized spacial score (nSPS) is 15.8. The minimum Gasteiger partial charge on any atom is -0.451 e. The van der Waals surface area contributed by atoms with Gasteiger partial charge in [-0.1, -0.05) is 12.1 Å². The van der Waals surface area contributed by atoms with E-state index < -0.39 is 15.9 Å². The second kappa shape index (κ2) is 7.43. The number of rotatable bonds is 3. The highest BCUT2D eigenvalue weighted by Crippen LogP contribution is 2.29. The van der Waals surface area contributed by atoms with Crippen LogP contribution in [-0.2, 0) is 10.0 Å². The molecule has 3 aromatic rings. The van der Waals surface area contributed by atoms with Gasteiger partial charge >= 0.3 is 0 Å². The van der Waals surface area contributed by atoms with Crippen molar-refractivity contribution >= 4 is 54.2 Å². The van der Waals surface area contributed by atoms with Crippen molar-refractivity contribution in [3.63, 3.8) is 0 Å². The second-order valence-corrected chi connectivity index (χ2v) is 10.9. The molecule has 7 nitrogen and oxygen atoms in total. The molecule has 0 unspecified atom stereocenters. The Kier molecular flexibility index (Phi) is 5.13. The Hall–Kier alpha value is -2.01. The SMILES string of the molecule is O=C(c1cc(=O)c2ccccc2o1)N1CCN(S(=O)(=O)c2ccc(Br)s2)CC1. The number of amides is 1. The first-order valence-electron chi connectivity index (χ1n) is 8.44. The maximum Gasteiger partial charge on any atom is 0.289 e. The van der Waals surface area contributed by atoms with Crippen molar-refractivity contribution in [1.82, 2.24) is 9.21 Å². The minimum atomic E-state index is -3.58. The van der Waals surface area contributed by atoms with Gasteiger partial charge in [-0.05, 0) is 40.2 Å². The number of thiophene rings is 1. The van der Waals surface area contributed by atoms with Crippen molar-refractivity contribution in [3.8, 4) is 0 Å². The van der Waals surface area contributed by atoms with Crippen molar-refractivity contribution < 1.29 is 17.6 Å². The molecule has 1 aliphatic heterocycles. The molecule has 4 rings (SSSR count). The Morgan fingerprint density at radius 2 is 1.79 bits per heavy atom. The lowest BCUT2D eigenvalue weighted by Gasteiger charge is -2.33. The molecule has 146 valence electrons. The highest BCUT2D eigenvalue weighted by Gasteiger charge is 2.32. The highest BCUT2D eigenvalue weighted by molar-refractivity contribution is 9.11. The Morgan fingerprint density at radius 1 is 1.07 bits per heavy atom. The van der Waals surface area contributed by atoms with Gasteiger partial charge in [-0.15, -0.1) is 11.3 Å². The first kappa shape index (κ1) is 19.3. The quantitative estimate of drug-likeness (QED) is 0.572. The Morgan fingerprint density at radius 3 is 2.46 bits per heavy atom. The molecule has 28 heavy (non-hydrogen) atoms. The lowest BCUT2D eigenvalue weighted by Crippen LogP contribution is -2.50. The molecule has 0 aliphatic carbocycles. The number of sulfonamides is 1. The fourth-order valence-corrected chi connectivity index (χ4v) is 6.65. The average Bonchev–Trinajstić information content (AvgIpc) is 3.15. The van der Waals surface area contributed by atoms with E-state index in [1.165, 1.54) is 15.3 Å². The van der Waals surface area contributed by atoms with E-state index in [-0.39, 0.29) is 41.6 Å². The lowest BCUT2D eigenvalue weighted by atomic mass is 10.2. The summed E-state index contributed by atoms with van der Waals surface area (Å²) in [5, 5.41) is 0.414. The van der Waals surface area contributed by atoms with Crippen LogP contribution in [0.2, 0.25) is 0 Å². The zero-order valence-corrected chi connectivity index (χ0v) is 17.7. The predicted molar refractivity (Wildman–Crippen MR) is 109 cm³/mol. The molecule has 0 N–H and O–H groups in total. The van der Waals surface area contributed by atoms with E-state index in [9.17, 15) is 18.0 Å². The Labute approximate surface area is 173 Å². The zero-order chi connectivity index (χ0) is 19.9. The highest BCUT2D eigenvalue weighted by atomic mass is 79.9. The van der Waals surface area contributed by atoms with Crippen LogP contribution in [-0.4, -0.2) is 49.7 Å². The van der Waals surface area contributed by atoms with E-state index in [0.717, 1.165) is 15.1 Å². The van der Waals surface area contributed by atoms with Crippen LogP contribution in [0.5, 0.6) is 0 Å². The molecule has 3 heterocycles. The summed E-state index contributed by atoms with van der Waals surface area (Å²) in [5.41, 5.74) is 0.0672. The summed E-state index contributed by atoms with van der Waals surface area (Å²) in [6.07, 6.45) is 0. The van der Waals surface area contributed by atoms with Gasteiger partial charge in [0.05, 0.1) is 9.17 Å². The van der Waals surface area contributed by atoms with E-state index in [2.05, 4.69) is 15.9 Å². The lowest BCUT2D eigenvalue weighted by molar-refractivity contribution is 0.0666. The fourth-order valence-electron chi connectivity index (χ4n) is 3.06. The van der Waals surface area contributed by atoms with Crippen LogP contribution in [0.15, 0.2) is 59.7 Å². The molecular weight excluding hydrogens is 468 g/mol. The molecule has 0 spiro atoms. The van der Waals surface area contributed by atoms with Gasteiger partial charge in [0, 0.05) is 32.2 Å². The van der Waals surface area contributed by atoms with Gasteiger partial charge < -0.3 is 9.32 Å². The van der Waals surface area contributed by atoms with Crippen LogP contribution in [0.1, 0.15) is 10.6 Å². The smallest absolute Gasteiger partial charge is 0.289 e. The molecule has 1 aromatic carbocycles. The largest absolute Gasteiger partial charge is 0.451 e. The molecule has 10 heteroatoms. The topological polar surface area (TPSA) is 87.9 Å². The maximum absolute atomic E-state index is 12.7. The minimum absolute atomic E-state index is 0.0396. The van der Waals surface area contributed by atoms with Gasteiger partial charge in [-0.2, -0.15) is 4.31 Å². The van der Waals surface area contributed by atoms with E-state index in [0.29, 0.717) is 11.0 Å². The van der Waals surface area contributed by atoms with Gasteiger partial charge in [-0.3, -0.25) is 9.59 Å². The molecular formula is C18H15BrN2O5S2. The van der Waals surface area contributed by atoms with Crippen LogP contribution in [0.25, 0.3) is 11.0 Å². The number of carbonyl (C=O) groups excluding carboxylic acids is 1. The Balaban J connectivity index is 1.51. The molecule has 1 fully saturated rings. The average molecular weight is 483 g/mol. The number of hydrogen-bond acceptors (Lipinski definition) is 6. The fraction of sp³-hybridized carbons (Fsp3) is 0.222. The second-order valence-electron chi connectivity index (χ2n) is 6.23. The predicted octanol–water partition coefficient (Wildman–Crippen LogP) is 2.76. The summed E-state index contributed by atoms with van der Waals surface area (Å²) < 4.78 is 33.4. The molecule has 0 bridgehead atoms. The molecule has 0 atom stereocenters. The molecule has 0 saturated carbocycles. The summed E-state index contributed by atoms with van der Waals surface area (Å²) >= 11 is 4.42. The number of benzene rings is 1.